The first-order chi connectivity index (χ1) is 7.81. The fourth-order valence-corrected chi connectivity index (χ4v) is 9.42. The van der Waals surface area contributed by atoms with Crippen LogP contribution in [0.25, 0.3) is 0 Å². The van der Waals surface area contributed by atoms with Crippen molar-refractivity contribution >= 4 is 51.8 Å². The van der Waals surface area contributed by atoms with Crippen LogP contribution in [-0.4, -0.2) is 12.2 Å². The van der Waals surface area contributed by atoms with E-state index in [1.807, 2.05) is 39.8 Å². The zero-order chi connectivity index (χ0) is 13.1. The van der Waals surface area contributed by atoms with Gasteiger partial charge in [0.25, 0.3) is 5.69 Å². The molecule has 0 radical (unpaired) electrons. The Morgan fingerprint density at radius 3 is 2.12 bits per heavy atom. The Kier molecular flexibility index (Phi) is 6.48. The number of rotatable bonds is 6. The average molecular weight is 331 g/mol. The molecular formula is C10H16ClO2PS3. The normalized spacial score (nSPS) is 12.6. The number of hydrogen-bond acceptors (Lipinski definition) is 5. The van der Waals surface area contributed by atoms with E-state index in [9.17, 15) is 0 Å². The molecule has 0 aliphatic rings. The van der Waals surface area contributed by atoms with E-state index in [1.165, 1.54) is 22.7 Å². The van der Waals surface area contributed by atoms with Gasteiger partial charge >= 0.3 is 0 Å². The van der Waals surface area contributed by atoms with Gasteiger partial charge in [-0.15, -0.1) is 11.3 Å². The van der Waals surface area contributed by atoms with E-state index in [4.69, 9.17) is 32.5 Å². The van der Waals surface area contributed by atoms with Crippen molar-refractivity contribution in [3.05, 3.63) is 16.5 Å². The highest BCUT2D eigenvalue weighted by Crippen LogP contribution is 2.66. The summed E-state index contributed by atoms with van der Waals surface area (Å²) in [5.74, 6) is 0. The number of hydrogen-bond donors (Lipinski definition) is 0. The molecule has 0 amide bonds. The molecule has 98 valence electrons. The maximum absolute atomic E-state index is 5.90. The predicted octanol–water partition coefficient (Wildman–Crippen LogP) is 5.57. The van der Waals surface area contributed by atoms with E-state index >= 15 is 0 Å². The van der Waals surface area contributed by atoms with Crippen LogP contribution in [-0.2, 0) is 20.9 Å². The van der Waals surface area contributed by atoms with Gasteiger partial charge in [-0.2, -0.15) is 0 Å². The summed E-state index contributed by atoms with van der Waals surface area (Å²) >= 11 is 14.4. The molecule has 0 saturated heterocycles. The van der Waals surface area contributed by atoms with Crippen molar-refractivity contribution in [2.75, 3.05) is 0 Å². The van der Waals surface area contributed by atoms with Crippen LogP contribution in [0.1, 0.15) is 27.7 Å². The fourth-order valence-electron chi connectivity index (χ4n) is 1.04. The fraction of sp³-hybridized carbons (Fsp3) is 0.600. The lowest BCUT2D eigenvalue weighted by atomic mass is 10.5. The van der Waals surface area contributed by atoms with Gasteiger partial charge in [-0.05, 0) is 63.0 Å². The van der Waals surface area contributed by atoms with Gasteiger partial charge in [-0.3, -0.25) is 0 Å². The lowest BCUT2D eigenvalue weighted by Gasteiger charge is -2.24. The lowest BCUT2D eigenvalue weighted by molar-refractivity contribution is 0.186. The maximum Gasteiger partial charge on any atom is 0.253 e. The van der Waals surface area contributed by atoms with Gasteiger partial charge in [0.2, 0.25) is 0 Å². The highest BCUT2D eigenvalue weighted by molar-refractivity contribution is 8.68. The van der Waals surface area contributed by atoms with E-state index < -0.39 is 5.69 Å². The van der Waals surface area contributed by atoms with E-state index in [-0.39, 0.29) is 12.2 Å². The Balaban J connectivity index is 2.79. The van der Waals surface area contributed by atoms with Crippen molar-refractivity contribution in [3.8, 4) is 0 Å². The summed E-state index contributed by atoms with van der Waals surface area (Å²) in [6.45, 7) is 7.86. The standard InChI is InChI=1S/C10H16ClO2PS3/c1-7(2)12-14(15,13-8(3)4)17-10-6-5-9(11)16-10/h5-8H,1-4H3. The van der Waals surface area contributed by atoms with E-state index in [0.717, 1.165) is 8.55 Å². The summed E-state index contributed by atoms with van der Waals surface area (Å²) in [4.78, 5) is 0. The lowest BCUT2D eigenvalue weighted by Crippen LogP contribution is -2.05. The van der Waals surface area contributed by atoms with Crippen LogP contribution in [0, 0.1) is 0 Å². The third kappa shape index (κ3) is 6.06. The quantitative estimate of drug-likeness (QED) is 0.634. The van der Waals surface area contributed by atoms with Crippen LogP contribution in [0.4, 0.5) is 0 Å². The van der Waals surface area contributed by atoms with Crippen LogP contribution >= 0.6 is 40.0 Å². The van der Waals surface area contributed by atoms with Crippen LogP contribution < -0.4 is 0 Å². The van der Waals surface area contributed by atoms with Crippen molar-refractivity contribution in [3.63, 3.8) is 0 Å². The summed E-state index contributed by atoms with van der Waals surface area (Å²) in [5, 5.41) is 0. The number of halogens is 1. The molecule has 1 heterocycles. The second-order valence-corrected chi connectivity index (χ2v) is 11.9. The molecule has 0 unspecified atom stereocenters. The Hall–Kier alpha value is 0.910. The Labute approximate surface area is 121 Å². The molecule has 0 N–H and O–H groups in total. The third-order valence-corrected chi connectivity index (χ3v) is 8.19. The Morgan fingerprint density at radius 1 is 1.24 bits per heavy atom. The minimum absolute atomic E-state index is 0.0579. The highest BCUT2D eigenvalue weighted by atomic mass is 35.5. The monoisotopic (exact) mass is 330 g/mol. The van der Waals surface area contributed by atoms with Gasteiger partial charge in [-0.25, -0.2) is 0 Å². The third-order valence-electron chi connectivity index (χ3n) is 1.43. The second kappa shape index (κ2) is 6.90. The molecule has 0 bridgehead atoms. The molecule has 1 rings (SSSR count). The predicted molar refractivity (Wildman–Crippen MR) is 81.9 cm³/mol. The first-order valence-corrected chi connectivity index (χ1v) is 10.5. The second-order valence-electron chi connectivity index (χ2n) is 3.91. The van der Waals surface area contributed by atoms with Crippen molar-refractivity contribution in [2.45, 2.75) is 44.1 Å². The van der Waals surface area contributed by atoms with Crippen LogP contribution in [0.5, 0.6) is 0 Å². The van der Waals surface area contributed by atoms with Crippen molar-refractivity contribution in [1.82, 2.24) is 0 Å². The summed E-state index contributed by atoms with van der Waals surface area (Å²) in [5.41, 5.74) is -2.34. The molecule has 0 fully saturated rings. The zero-order valence-corrected chi connectivity index (χ0v) is 14.3. The summed E-state index contributed by atoms with van der Waals surface area (Å²) in [6.07, 6.45) is 0.116. The number of thiophene rings is 1. The first kappa shape index (κ1) is 16.0. The van der Waals surface area contributed by atoms with Gasteiger partial charge < -0.3 is 9.05 Å². The van der Waals surface area contributed by atoms with Gasteiger partial charge in [0.15, 0.2) is 0 Å². The molecule has 0 aliphatic heterocycles. The van der Waals surface area contributed by atoms with Gasteiger partial charge in [-0.1, -0.05) is 11.6 Å². The highest BCUT2D eigenvalue weighted by Gasteiger charge is 2.25. The van der Waals surface area contributed by atoms with Gasteiger partial charge in [0, 0.05) is 0 Å². The molecule has 0 spiro atoms. The molecule has 7 heteroatoms. The SMILES string of the molecule is CC(C)OP(=S)(OC(C)C)Sc1ccc(Cl)s1. The molecule has 2 nitrogen and oxygen atoms in total. The summed E-state index contributed by atoms with van der Waals surface area (Å²) < 4.78 is 13.4. The molecule has 0 atom stereocenters. The van der Waals surface area contributed by atoms with Gasteiger partial charge in [0.1, 0.15) is 0 Å². The molecule has 0 saturated carbocycles. The molecule has 1 aromatic rings. The van der Waals surface area contributed by atoms with E-state index in [1.54, 1.807) is 0 Å². The molecular weight excluding hydrogens is 315 g/mol. The van der Waals surface area contributed by atoms with Crippen LogP contribution in [0.3, 0.4) is 0 Å². The van der Waals surface area contributed by atoms with Gasteiger partial charge in [0.05, 0.1) is 20.8 Å². The van der Waals surface area contributed by atoms with E-state index in [2.05, 4.69) is 0 Å². The topological polar surface area (TPSA) is 18.5 Å². The molecule has 1 aromatic heterocycles. The van der Waals surface area contributed by atoms with Crippen molar-refractivity contribution in [1.29, 1.82) is 0 Å². The minimum atomic E-state index is -2.34. The maximum atomic E-state index is 5.90. The van der Waals surface area contributed by atoms with Crippen molar-refractivity contribution < 1.29 is 9.05 Å². The Morgan fingerprint density at radius 2 is 1.76 bits per heavy atom. The first-order valence-electron chi connectivity index (χ1n) is 5.22. The zero-order valence-electron chi connectivity index (χ0n) is 10.2. The summed E-state index contributed by atoms with van der Waals surface area (Å²) in [6, 6.07) is 3.81. The summed E-state index contributed by atoms with van der Waals surface area (Å²) in [7, 11) is 0. The molecule has 0 aromatic carbocycles. The molecule has 17 heavy (non-hydrogen) atoms. The van der Waals surface area contributed by atoms with Crippen LogP contribution in [0.15, 0.2) is 16.3 Å². The largest absolute Gasteiger partial charge is 0.319 e. The Bertz CT molecular complexity index is 392. The average Bonchev–Trinajstić information content (AvgIpc) is 2.46. The molecule has 0 aliphatic carbocycles. The minimum Gasteiger partial charge on any atom is -0.319 e. The van der Waals surface area contributed by atoms with Crippen molar-refractivity contribution in [2.24, 2.45) is 0 Å². The van der Waals surface area contributed by atoms with Crippen LogP contribution in [0.2, 0.25) is 4.34 Å². The smallest absolute Gasteiger partial charge is 0.253 e. The van der Waals surface area contributed by atoms with E-state index in [0.29, 0.717) is 0 Å².